The summed E-state index contributed by atoms with van der Waals surface area (Å²) in [6.07, 6.45) is 9.12. The fourth-order valence-corrected chi connectivity index (χ4v) is 3.81. The fraction of sp³-hybridized carbons (Fsp3) is 0.0370. The minimum absolute atomic E-state index is 0.592. The number of nitrogens with zero attached hydrogens (tertiary/aromatic N) is 2. The number of furan rings is 1. The van der Waals surface area contributed by atoms with E-state index in [2.05, 4.69) is 54.2 Å². The average molecular weight is 388 g/mol. The molecule has 1 aromatic heterocycles. The summed E-state index contributed by atoms with van der Waals surface area (Å²) in [4.78, 5) is 9.24. The van der Waals surface area contributed by atoms with Gasteiger partial charge in [0.15, 0.2) is 5.84 Å². The lowest BCUT2D eigenvalue weighted by Crippen LogP contribution is -1.99. The van der Waals surface area contributed by atoms with Crippen molar-refractivity contribution in [3.8, 4) is 0 Å². The van der Waals surface area contributed by atoms with E-state index in [0.717, 1.165) is 50.8 Å². The van der Waals surface area contributed by atoms with Crippen molar-refractivity contribution in [1.82, 2.24) is 0 Å². The molecule has 0 amide bonds. The van der Waals surface area contributed by atoms with Gasteiger partial charge in [-0.2, -0.15) is 0 Å². The van der Waals surface area contributed by atoms with Gasteiger partial charge in [0.2, 0.25) is 0 Å². The van der Waals surface area contributed by atoms with Gasteiger partial charge in [0.05, 0.1) is 5.70 Å². The van der Waals surface area contributed by atoms with Crippen LogP contribution < -0.4 is 0 Å². The molecule has 0 bridgehead atoms. The minimum atomic E-state index is 0.592. The molecule has 0 radical (unpaired) electrons. The number of para-hydroxylation sites is 2. The summed E-state index contributed by atoms with van der Waals surface area (Å²) >= 11 is 0. The molecule has 3 heteroatoms. The van der Waals surface area contributed by atoms with Gasteiger partial charge in [0.25, 0.3) is 0 Å². The van der Waals surface area contributed by atoms with Crippen molar-refractivity contribution >= 4 is 40.2 Å². The summed E-state index contributed by atoms with van der Waals surface area (Å²) in [7, 11) is 0. The first kappa shape index (κ1) is 18.1. The molecule has 0 N–H and O–H groups in total. The first-order valence-corrected chi connectivity index (χ1v) is 9.93. The third-order valence-electron chi connectivity index (χ3n) is 5.25. The predicted molar refractivity (Wildman–Crippen MR) is 126 cm³/mol. The second-order valence-electron chi connectivity index (χ2n) is 7.11. The maximum absolute atomic E-state index is 6.28. The molecule has 0 fully saturated rings. The Balaban J connectivity index is 1.79. The highest BCUT2D eigenvalue weighted by molar-refractivity contribution is 6.10. The zero-order chi connectivity index (χ0) is 20.3. The zero-order valence-corrected chi connectivity index (χ0v) is 16.5. The van der Waals surface area contributed by atoms with Crippen molar-refractivity contribution in [1.29, 1.82) is 0 Å². The van der Waals surface area contributed by atoms with Crippen LogP contribution >= 0.6 is 0 Å². The Morgan fingerprint density at radius 1 is 0.833 bits per heavy atom. The fourth-order valence-electron chi connectivity index (χ4n) is 3.81. The molecular weight excluding hydrogens is 368 g/mol. The molecule has 3 aromatic carbocycles. The van der Waals surface area contributed by atoms with Gasteiger partial charge in [-0.05, 0) is 30.8 Å². The lowest BCUT2D eigenvalue weighted by atomic mass is 9.99. The Morgan fingerprint density at radius 2 is 1.63 bits per heavy atom. The van der Waals surface area contributed by atoms with E-state index in [4.69, 9.17) is 9.41 Å². The van der Waals surface area contributed by atoms with Crippen molar-refractivity contribution in [2.45, 2.75) is 6.42 Å². The molecule has 0 aliphatic heterocycles. The molecule has 0 spiro atoms. The second kappa shape index (κ2) is 7.80. The molecule has 5 rings (SSSR count). The van der Waals surface area contributed by atoms with E-state index in [1.54, 1.807) is 0 Å². The van der Waals surface area contributed by atoms with Crippen LogP contribution in [0.3, 0.4) is 0 Å². The number of amidine groups is 1. The smallest absolute Gasteiger partial charge is 0.159 e. The zero-order valence-electron chi connectivity index (χ0n) is 16.5. The van der Waals surface area contributed by atoms with E-state index in [0.29, 0.717) is 5.84 Å². The number of fused-ring (bicyclic) bond motifs is 3. The average Bonchev–Trinajstić information content (AvgIpc) is 3.20. The molecule has 0 saturated carbocycles. The van der Waals surface area contributed by atoms with E-state index >= 15 is 0 Å². The summed E-state index contributed by atoms with van der Waals surface area (Å²) in [5, 5.41) is 2.19. The van der Waals surface area contributed by atoms with Gasteiger partial charge in [0, 0.05) is 21.9 Å². The molecule has 4 aromatic rings. The van der Waals surface area contributed by atoms with Gasteiger partial charge in [-0.25, -0.2) is 9.98 Å². The van der Waals surface area contributed by atoms with Crippen LogP contribution in [0.15, 0.2) is 117 Å². The Morgan fingerprint density at radius 3 is 2.43 bits per heavy atom. The van der Waals surface area contributed by atoms with Gasteiger partial charge in [-0.3, -0.25) is 0 Å². The lowest BCUT2D eigenvalue weighted by Gasteiger charge is -2.12. The summed E-state index contributed by atoms with van der Waals surface area (Å²) < 4.78 is 6.28. The van der Waals surface area contributed by atoms with Gasteiger partial charge in [-0.1, -0.05) is 85.0 Å². The Bertz CT molecular complexity index is 1370. The third-order valence-corrected chi connectivity index (χ3v) is 5.25. The highest BCUT2D eigenvalue weighted by atomic mass is 16.3. The van der Waals surface area contributed by atoms with E-state index in [1.807, 2.05) is 54.6 Å². The normalized spacial score (nSPS) is 15.7. The van der Waals surface area contributed by atoms with Crippen LogP contribution in [0, 0.1) is 0 Å². The highest BCUT2D eigenvalue weighted by Crippen LogP contribution is 2.36. The predicted octanol–water partition coefficient (Wildman–Crippen LogP) is 6.96. The van der Waals surface area contributed by atoms with Crippen molar-refractivity contribution in [2.75, 3.05) is 0 Å². The molecule has 1 aliphatic carbocycles. The molecular formula is C27H20N2O. The van der Waals surface area contributed by atoms with Gasteiger partial charge >= 0.3 is 0 Å². The van der Waals surface area contributed by atoms with E-state index in [1.165, 1.54) is 0 Å². The van der Waals surface area contributed by atoms with Gasteiger partial charge in [0.1, 0.15) is 11.2 Å². The summed E-state index contributed by atoms with van der Waals surface area (Å²) in [5.74, 6) is 0.592. The Hall–Kier alpha value is -3.98. The van der Waals surface area contributed by atoms with Gasteiger partial charge in [-0.15, -0.1) is 0 Å². The standard InChI is InChI=1S/C27H20N2O/c1-28-27(20-13-6-3-7-14-20)29-25(19-11-4-2-5-12-19)23-17-10-16-22-21-15-8-9-18-24(21)30-26(22)23/h2-11,13-18H,1,12H2/b25-19-,29-27-. The van der Waals surface area contributed by atoms with E-state index in [-0.39, 0.29) is 0 Å². The highest BCUT2D eigenvalue weighted by Gasteiger charge is 2.17. The molecule has 1 heterocycles. The van der Waals surface area contributed by atoms with Crippen LogP contribution in [-0.2, 0) is 0 Å². The first-order valence-electron chi connectivity index (χ1n) is 9.93. The van der Waals surface area contributed by atoms with Crippen LogP contribution in [0.2, 0.25) is 0 Å². The van der Waals surface area contributed by atoms with Crippen molar-refractivity contribution < 1.29 is 4.42 Å². The van der Waals surface area contributed by atoms with Crippen molar-refractivity contribution in [2.24, 2.45) is 9.98 Å². The van der Waals surface area contributed by atoms with Crippen molar-refractivity contribution in [3.63, 3.8) is 0 Å². The molecule has 0 saturated heterocycles. The first-order chi connectivity index (χ1) is 14.8. The molecule has 144 valence electrons. The molecule has 1 aliphatic rings. The van der Waals surface area contributed by atoms with Crippen LogP contribution in [0.5, 0.6) is 0 Å². The van der Waals surface area contributed by atoms with E-state index < -0.39 is 0 Å². The van der Waals surface area contributed by atoms with Gasteiger partial charge < -0.3 is 4.42 Å². The minimum Gasteiger partial charge on any atom is -0.455 e. The molecule has 30 heavy (non-hydrogen) atoms. The van der Waals surface area contributed by atoms with Crippen LogP contribution in [-0.4, -0.2) is 12.6 Å². The summed E-state index contributed by atoms with van der Waals surface area (Å²) in [5.41, 5.74) is 5.56. The van der Waals surface area contributed by atoms with Crippen LogP contribution in [0.25, 0.3) is 27.6 Å². The number of allylic oxidation sites excluding steroid dienone is 5. The van der Waals surface area contributed by atoms with Crippen LogP contribution in [0.1, 0.15) is 17.5 Å². The quantitative estimate of drug-likeness (QED) is 0.276. The topological polar surface area (TPSA) is 37.9 Å². The van der Waals surface area contributed by atoms with E-state index in [9.17, 15) is 0 Å². The number of hydrogen-bond donors (Lipinski definition) is 0. The van der Waals surface area contributed by atoms with Crippen molar-refractivity contribution in [3.05, 3.63) is 114 Å². The summed E-state index contributed by atoms with van der Waals surface area (Å²) in [6, 6.07) is 24.3. The number of benzene rings is 3. The Labute approximate surface area is 175 Å². The van der Waals surface area contributed by atoms with Crippen LogP contribution in [0.4, 0.5) is 0 Å². The maximum Gasteiger partial charge on any atom is 0.159 e. The number of aliphatic imine (C=N–C) groups is 2. The second-order valence-corrected chi connectivity index (χ2v) is 7.11. The molecule has 0 atom stereocenters. The maximum atomic E-state index is 6.28. The lowest BCUT2D eigenvalue weighted by molar-refractivity contribution is 0.667. The largest absolute Gasteiger partial charge is 0.455 e. The number of rotatable bonds is 3. The summed E-state index contributed by atoms with van der Waals surface area (Å²) in [6.45, 7) is 3.77. The molecule has 0 unspecified atom stereocenters. The SMILES string of the molecule is C=N/C(=N\C(=C1\C=CC=CC1)c1cccc2c1oc1ccccc12)c1ccccc1. The third kappa shape index (κ3) is 3.20. The molecule has 3 nitrogen and oxygen atoms in total. The Kier molecular flexibility index (Phi) is 4.70. The monoisotopic (exact) mass is 388 g/mol. The number of hydrogen-bond acceptors (Lipinski definition) is 2.